The highest BCUT2D eigenvalue weighted by Crippen LogP contribution is 2.30. The molecular formula is C22H21FN2O. The van der Waals surface area contributed by atoms with Crippen LogP contribution in [0.3, 0.4) is 0 Å². The first kappa shape index (κ1) is 16.7. The first-order valence-corrected chi connectivity index (χ1v) is 8.87. The highest BCUT2D eigenvalue weighted by Gasteiger charge is 2.15. The smallest absolute Gasteiger partial charge is 0.170 e. The van der Waals surface area contributed by atoms with E-state index in [1.807, 2.05) is 18.3 Å². The van der Waals surface area contributed by atoms with E-state index in [0.717, 1.165) is 36.0 Å². The first-order chi connectivity index (χ1) is 12.6. The molecule has 0 saturated heterocycles. The van der Waals surface area contributed by atoms with Gasteiger partial charge < -0.3 is 9.88 Å². The van der Waals surface area contributed by atoms with Gasteiger partial charge in [0.25, 0.3) is 0 Å². The van der Waals surface area contributed by atoms with Crippen LogP contribution in [-0.4, -0.2) is 35.8 Å². The molecule has 0 bridgehead atoms. The zero-order chi connectivity index (χ0) is 18.1. The van der Waals surface area contributed by atoms with E-state index in [4.69, 9.17) is 0 Å². The fourth-order valence-corrected chi connectivity index (χ4v) is 3.53. The van der Waals surface area contributed by atoms with Gasteiger partial charge in [-0.05, 0) is 48.9 Å². The van der Waals surface area contributed by atoms with Crippen molar-refractivity contribution >= 4 is 22.3 Å². The molecule has 0 unspecified atom stereocenters. The quantitative estimate of drug-likeness (QED) is 0.707. The van der Waals surface area contributed by atoms with Gasteiger partial charge in [0, 0.05) is 42.2 Å². The Bertz CT molecular complexity index is 1000. The molecule has 1 N–H and O–H groups in total. The molecule has 132 valence electrons. The fraction of sp³-hybridized carbons (Fsp3) is 0.227. The monoisotopic (exact) mass is 348 g/mol. The maximum Gasteiger partial charge on any atom is 0.170 e. The SMILES string of the molecule is CN1CC=C(c2c[nH]c3ccc(CC(=O)c4ccccc4F)cc23)CC1. The number of fused-ring (bicyclic) bond motifs is 1. The van der Waals surface area contributed by atoms with E-state index < -0.39 is 5.82 Å². The largest absolute Gasteiger partial charge is 0.361 e. The number of halogens is 1. The van der Waals surface area contributed by atoms with Crippen molar-refractivity contribution in [1.82, 2.24) is 9.88 Å². The van der Waals surface area contributed by atoms with Crippen LogP contribution < -0.4 is 0 Å². The number of rotatable bonds is 4. The third-order valence-corrected chi connectivity index (χ3v) is 5.04. The van der Waals surface area contributed by atoms with Crippen LogP contribution in [-0.2, 0) is 6.42 Å². The van der Waals surface area contributed by atoms with Crippen molar-refractivity contribution in [2.45, 2.75) is 12.8 Å². The molecule has 2 heterocycles. The van der Waals surface area contributed by atoms with Crippen LogP contribution >= 0.6 is 0 Å². The zero-order valence-electron chi connectivity index (χ0n) is 14.8. The summed E-state index contributed by atoms with van der Waals surface area (Å²) in [7, 11) is 2.12. The summed E-state index contributed by atoms with van der Waals surface area (Å²) in [6.45, 7) is 2.00. The molecule has 3 aromatic rings. The maximum absolute atomic E-state index is 13.8. The number of aromatic amines is 1. The van der Waals surface area contributed by atoms with Gasteiger partial charge in [0.05, 0.1) is 5.56 Å². The number of aromatic nitrogens is 1. The normalized spacial score (nSPS) is 15.2. The molecule has 0 spiro atoms. The molecule has 3 nitrogen and oxygen atoms in total. The van der Waals surface area contributed by atoms with Gasteiger partial charge in [0.15, 0.2) is 5.78 Å². The average Bonchev–Trinajstić information content (AvgIpc) is 3.06. The lowest BCUT2D eigenvalue weighted by Gasteiger charge is -2.21. The highest BCUT2D eigenvalue weighted by atomic mass is 19.1. The van der Waals surface area contributed by atoms with Gasteiger partial charge >= 0.3 is 0 Å². The van der Waals surface area contributed by atoms with E-state index in [1.165, 1.54) is 17.2 Å². The molecule has 0 aliphatic carbocycles. The van der Waals surface area contributed by atoms with E-state index in [9.17, 15) is 9.18 Å². The molecule has 2 aromatic carbocycles. The van der Waals surface area contributed by atoms with Crippen LogP contribution in [0.15, 0.2) is 54.7 Å². The molecule has 0 radical (unpaired) electrons. The summed E-state index contributed by atoms with van der Waals surface area (Å²) in [4.78, 5) is 18.1. The Morgan fingerprint density at radius 3 is 2.85 bits per heavy atom. The van der Waals surface area contributed by atoms with E-state index >= 15 is 0 Å². The molecule has 1 aromatic heterocycles. The summed E-state index contributed by atoms with van der Waals surface area (Å²) in [5.74, 6) is -0.657. The predicted octanol–water partition coefficient (Wildman–Crippen LogP) is 4.45. The second-order valence-electron chi connectivity index (χ2n) is 6.90. The predicted molar refractivity (Wildman–Crippen MR) is 103 cm³/mol. The first-order valence-electron chi connectivity index (χ1n) is 8.87. The summed E-state index contributed by atoms with van der Waals surface area (Å²) in [5, 5.41) is 1.12. The number of carbonyl (C=O) groups is 1. The molecule has 4 rings (SSSR count). The number of likely N-dealkylation sites (N-methyl/N-ethyl adjacent to an activating group) is 1. The molecule has 0 saturated carbocycles. The minimum atomic E-state index is -0.461. The average molecular weight is 348 g/mol. The summed E-state index contributed by atoms with van der Waals surface area (Å²) in [5.41, 5.74) is 4.65. The fourth-order valence-electron chi connectivity index (χ4n) is 3.53. The Hall–Kier alpha value is -2.72. The van der Waals surface area contributed by atoms with Gasteiger partial charge in [0.2, 0.25) is 0 Å². The third-order valence-electron chi connectivity index (χ3n) is 5.04. The highest BCUT2D eigenvalue weighted by molar-refractivity contribution is 5.99. The number of hydrogen-bond donors (Lipinski definition) is 1. The van der Waals surface area contributed by atoms with Gasteiger partial charge in [-0.15, -0.1) is 0 Å². The van der Waals surface area contributed by atoms with Crippen molar-refractivity contribution in [3.8, 4) is 0 Å². The number of nitrogens with zero attached hydrogens (tertiary/aromatic N) is 1. The molecule has 1 aliphatic rings. The lowest BCUT2D eigenvalue weighted by atomic mass is 9.96. The van der Waals surface area contributed by atoms with Crippen LogP contribution in [0.5, 0.6) is 0 Å². The molecule has 26 heavy (non-hydrogen) atoms. The van der Waals surface area contributed by atoms with Crippen molar-refractivity contribution in [2.24, 2.45) is 0 Å². The van der Waals surface area contributed by atoms with Gasteiger partial charge in [-0.2, -0.15) is 0 Å². The Morgan fingerprint density at radius 2 is 2.08 bits per heavy atom. The second kappa shape index (κ2) is 6.89. The Labute approximate surface area is 152 Å². The Kier molecular flexibility index (Phi) is 4.43. The molecule has 0 fully saturated rings. The minimum absolute atomic E-state index is 0.153. The van der Waals surface area contributed by atoms with E-state index in [1.54, 1.807) is 18.2 Å². The van der Waals surface area contributed by atoms with Gasteiger partial charge in [-0.3, -0.25) is 4.79 Å². The number of Topliss-reactive ketones (excluding diaryl/α,β-unsaturated/α-hetero) is 1. The summed E-state index contributed by atoms with van der Waals surface area (Å²) in [6.07, 6.45) is 5.53. The number of H-pyrrole nitrogens is 1. The maximum atomic E-state index is 13.8. The van der Waals surface area contributed by atoms with Crippen LogP contribution in [0, 0.1) is 5.82 Å². The van der Waals surface area contributed by atoms with Crippen molar-refractivity contribution in [1.29, 1.82) is 0 Å². The van der Waals surface area contributed by atoms with Crippen LogP contribution in [0.2, 0.25) is 0 Å². The number of carbonyl (C=O) groups excluding carboxylic acids is 1. The lowest BCUT2D eigenvalue weighted by molar-refractivity contribution is 0.0989. The van der Waals surface area contributed by atoms with E-state index in [0.29, 0.717) is 0 Å². The molecule has 0 amide bonds. The second-order valence-corrected chi connectivity index (χ2v) is 6.90. The Balaban J connectivity index is 1.64. The summed E-state index contributed by atoms with van der Waals surface area (Å²) >= 11 is 0. The minimum Gasteiger partial charge on any atom is -0.361 e. The van der Waals surface area contributed by atoms with Crippen LogP contribution in [0.1, 0.15) is 27.9 Å². The molecule has 1 aliphatic heterocycles. The third kappa shape index (κ3) is 3.20. The molecule has 4 heteroatoms. The van der Waals surface area contributed by atoms with E-state index in [-0.39, 0.29) is 17.8 Å². The standard InChI is InChI=1S/C22H21FN2O/c1-25-10-8-16(9-11-25)19-14-24-21-7-6-15(12-18(19)21)13-22(26)17-4-2-3-5-20(17)23/h2-8,12,14,24H,9-11,13H2,1H3. The van der Waals surface area contributed by atoms with Crippen LogP contribution in [0.4, 0.5) is 4.39 Å². The molecular weight excluding hydrogens is 327 g/mol. The van der Waals surface area contributed by atoms with Crippen molar-refractivity contribution < 1.29 is 9.18 Å². The number of nitrogens with one attached hydrogen (secondary N) is 1. The number of ketones is 1. The van der Waals surface area contributed by atoms with Gasteiger partial charge in [0.1, 0.15) is 5.82 Å². The van der Waals surface area contributed by atoms with Crippen molar-refractivity contribution in [3.05, 3.63) is 77.2 Å². The van der Waals surface area contributed by atoms with Crippen molar-refractivity contribution in [2.75, 3.05) is 20.1 Å². The zero-order valence-corrected chi connectivity index (χ0v) is 14.8. The lowest BCUT2D eigenvalue weighted by Crippen LogP contribution is -2.23. The number of hydrogen-bond acceptors (Lipinski definition) is 2. The Morgan fingerprint density at radius 1 is 1.23 bits per heavy atom. The van der Waals surface area contributed by atoms with Gasteiger partial charge in [-0.25, -0.2) is 4.39 Å². The molecule has 0 atom stereocenters. The summed E-state index contributed by atoms with van der Waals surface area (Å²) < 4.78 is 13.8. The van der Waals surface area contributed by atoms with Gasteiger partial charge in [-0.1, -0.05) is 24.3 Å². The van der Waals surface area contributed by atoms with E-state index in [2.05, 4.69) is 29.1 Å². The van der Waals surface area contributed by atoms with Crippen molar-refractivity contribution in [3.63, 3.8) is 0 Å². The van der Waals surface area contributed by atoms with Crippen LogP contribution in [0.25, 0.3) is 16.5 Å². The number of benzene rings is 2. The topological polar surface area (TPSA) is 36.1 Å². The summed E-state index contributed by atoms with van der Waals surface area (Å²) in [6, 6.07) is 12.1.